The Morgan fingerprint density at radius 3 is 2.31 bits per heavy atom. The van der Waals surface area contributed by atoms with Gasteiger partial charge < -0.3 is 25.2 Å². The van der Waals surface area contributed by atoms with Gasteiger partial charge in [-0.25, -0.2) is 4.79 Å². The number of aliphatic hydroxyl groups is 4. The summed E-state index contributed by atoms with van der Waals surface area (Å²) in [6.45, 7) is -0.671. The van der Waals surface area contributed by atoms with E-state index in [4.69, 9.17) is 20.4 Å². The van der Waals surface area contributed by atoms with Crippen LogP contribution < -0.4 is 0 Å². The summed E-state index contributed by atoms with van der Waals surface area (Å²) >= 11 is 0. The van der Waals surface area contributed by atoms with Crippen LogP contribution in [0.1, 0.15) is 0 Å². The van der Waals surface area contributed by atoms with Crippen LogP contribution in [0.2, 0.25) is 0 Å². The van der Waals surface area contributed by atoms with Gasteiger partial charge in [0.2, 0.25) is 5.76 Å². The number of carbonyl (C=O) groups excluding carboxylic acids is 1. The van der Waals surface area contributed by atoms with E-state index in [1.165, 1.54) is 0 Å². The van der Waals surface area contributed by atoms with Gasteiger partial charge in [-0.3, -0.25) is 0 Å². The molecule has 1 rings (SSSR count). The van der Waals surface area contributed by atoms with Crippen molar-refractivity contribution < 1.29 is 52.3 Å². The van der Waals surface area contributed by atoms with Crippen molar-refractivity contribution in [3.05, 3.63) is 11.5 Å². The van der Waals surface area contributed by atoms with Gasteiger partial charge in [-0.2, -0.15) is 0 Å². The van der Waals surface area contributed by atoms with Crippen molar-refractivity contribution in [2.45, 2.75) is 12.2 Å². The summed E-state index contributed by atoms with van der Waals surface area (Å²) in [5, 5.41) is 35.0. The molecule has 1 heterocycles. The van der Waals surface area contributed by atoms with Crippen LogP contribution in [0.15, 0.2) is 11.5 Å². The molecule has 0 aromatic rings. The minimum atomic E-state index is -1.42. The third kappa shape index (κ3) is 2.23. The van der Waals surface area contributed by atoms with Crippen molar-refractivity contribution in [1.82, 2.24) is 0 Å². The Morgan fingerprint density at radius 1 is 1.46 bits per heavy atom. The molecule has 0 aromatic carbocycles. The number of hydrogen-bond donors (Lipinski definition) is 4. The molecule has 7 heteroatoms. The molecule has 0 saturated heterocycles. The first-order valence-corrected chi connectivity index (χ1v) is 3.20. The third-order valence-corrected chi connectivity index (χ3v) is 1.48. The number of cyclic esters (lactones) is 1. The summed E-state index contributed by atoms with van der Waals surface area (Å²) in [5.74, 6) is -2.78. The second-order valence-electron chi connectivity index (χ2n) is 2.31. The van der Waals surface area contributed by atoms with Gasteiger partial charge in [0.1, 0.15) is 6.10 Å². The smallest absolute Gasteiger partial charge is 0.377 e. The zero-order valence-electron chi connectivity index (χ0n) is 6.27. The molecule has 79 valence electrons. The minimum Gasteiger partial charge on any atom is -0.505 e. The SMILES string of the molecule is O=C1O[C@H]([C@@H](O)CO)C(O)=C1O.[Ag]. The van der Waals surface area contributed by atoms with Gasteiger partial charge in [-0.15, -0.1) is 0 Å². The van der Waals surface area contributed by atoms with Crippen LogP contribution in [0.3, 0.4) is 0 Å². The normalized spacial score (nSPS) is 23.8. The maximum Gasteiger partial charge on any atom is 0.377 e. The predicted molar refractivity (Wildman–Crippen MR) is 35.3 cm³/mol. The fraction of sp³-hybridized carbons (Fsp3) is 0.500. The predicted octanol–water partition coefficient (Wildman–Crippen LogP) is -1.41. The fourth-order valence-electron chi connectivity index (χ4n) is 0.823. The first-order valence-electron chi connectivity index (χ1n) is 3.20. The Labute approximate surface area is 89.0 Å². The molecule has 1 aliphatic heterocycles. The van der Waals surface area contributed by atoms with Crippen molar-refractivity contribution in [2.75, 3.05) is 6.61 Å². The number of esters is 1. The Morgan fingerprint density at radius 2 is 2.00 bits per heavy atom. The minimum absolute atomic E-state index is 0. The van der Waals surface area contributed by atoms with E-state index >= 15 is 0 Å². The molecule has 0 saturated carbocycles. The average Bonchev–Trinajstić information content (AvgIpc) is 2.32. The Balaban J connectivity index is 0.00000144. The van der Waals surface area contributed by atoms with Gasteiger partial charge in [0.15, 0.2) is 11.9 Å². The number of aliphatic hydroxyl groups excluding tert-OH is 4. The van der Waals surface area contributed by atoms with Crippen LogP contribution in [0, 0.1) is 0 Å². The monoisotopic (exact) mass is 283 g/mol. The molecule has 0 amide bonds. The standard InChI is InChI=1S/C6H8O6.Ag/c7-1-2(8)5-3(9)4(10)6(11)12-5;/h2,5,7-10H,1H2;/t2-,5+;/m0./s1. The molecule has 2 atom stereocenters. The molecular formula is C6H8AgO6. The van der Waals surface area contributed by atoms with Crippen LogP contribution in [-0.4, -0.2) is 45.2 Å². The van der Waals surface area contributed by atoms with Gasteiger partial charge in [-0.1, -0.05) is 0 Å². The van der Waals surface area contributed by atoms with Crippen LogP contribution in [-0.2, 0) is 31.9 Å². The summed E-state index contributed by atoms with van der Waals surface area (Å²) in [5.41, 5.74) is 0. The summed E-state index contributed by atoms with van der Waals surface area (Å²) < 4.78 is 4.32. The van der Waals surface area contributed by atoms with E-state index in [2.05, 4.69) is 4.74 Å². The summed E-state index contributed by atoms with van der Waals surface area (Å²) in [7, 11) is 0. The van der Waals surface area contributed by atoms with Crippen molar-refractivity contribution in [3.8, 4) is 0 Å². The first kappa shape index (κ1) is 12.5. The Hall–Kier alpha value is -0.530. The first-order chi connectivity index (χ1) is 5.57. The van der Waals surface area contributed by atoms with Gasteiger partial charge in [-0.05, 0) is 0 Å². The molecule has 0 aliphatic carbocycles. The molecule has 0 unspecified atom stereocenters. The van der Waals surface area contributed by atoms with Gasteiger partial charge >= 0.3 is 5.97 Å². The Bertz CT molecular complexity index is 237. The quantitative estimate of drug-likeness (QED) is 0.366. The van der Waals surface area contributed by atoms with Crippen molar-refractivity contribution in [2.24, 2.45) is 0 Å². The molecule has 1 radical (unpaired) electrons. The molecule has 0 bridgehead atoms. The number of hydrogen-bond acceptors (Lipinski definition) is 6. The van der Waals surface area contributed by atoms with E-state index in [0.717, 1.165) is 0 Å². The van der Waals surface area contributed by atoms with Gasteiger partial charge in [0, 0.05) is 22.4 Å². The topological polar surface area (TPSA) is 107 Å². The number of carbonyl (C=O) groups is 1. The van der Waals surface area contributed by atoms with E-state index in [0.29, 0.717) is 0 Å². The average molecular weight is 284 g/mol. The second kappa shape index (κ2) is 4.64. The van der Waals surface area contributed by atoms with E-state index in [9.17, 15) is 4.79 Å². The second-order valence-corrected chi connectivity index (χ2v) is 2.31. The maximum atomic E-state index is 10.5. The van der Waals surface area contributed by atoms with Gasteiger partial charge in [0.25, 0.3) is 0 Å². The summed E-state index contributed by atoms with van der Waals surface area (Å²) in [6, 6.07) is 0. The van der Waals surface area contributed by atoms with E-state index in [1.807, 2.05) is 0 Å². The Kier molecular flexibility index (Phi) is 4.45. The van der Waals surface area contributed by atoms with Crippen LogP contribution >= 0.6 is 0 Å². The molecule has 1 aliphatic rings. The molecular weight excluding hydrogens is 276 g/mol. The van der Waals surface area contributed by atoms with Crippen LogP contribution in [0.5, 0.6) is 0 Å². The molecule has 0 aromatic heterocycles. The largest absolute Gasteiger partial charge is 0.505 e. The van der Waals surface area contributed by atoms with E-state index in [-0.39, 0.29) is 22.4 Å². The number of ether oxygens (including phenoxy) is 1. The zero-order valence-corrected chi connectivity index (χ0v) is 7.75. The van der Waals surface area contributed by atoms with Crippen molar-refractivity contribution in [3.63, 3.8) is 0 Å². The van der Waals surface area contributed by atoms with E-state index in [1.54, 1.807) is 0 Å². The fourth-order valence-corrected chi connectivity index (χ4v) is 0.823. The molecule has 4 N–H and O–H groups in total. The zero-order chi connectivity index (χ0) is 9.30. The summed E-state index contributed by atoms with van der Waals surface area (Å²) in [4.78, 5) is 10.5. The van der Waals surface area contributed by atoms with E-state index < -0.39 is 36.3 Å². The molecule has 6 nitrogen and oxygen atoms in total. The number of rotatable bonds is 2. The van der Waals surface area contributed by atoms with Crippen LogP contribution in [0.25, 0.3) is 0 Å². The summed E-state index contributed by atoms with van der Waals surface area (Å²) in [6.07, 6.45) is -2.78. The molecule has 0 fully saturated rings. The van der Waals surface area contributed by atoms with Crippen molar-refractivity contribution in [1.29, 1.82) is 0 Å². The third-order valence-electron chi connectivity index (χ3n) is 1.48. The van der Waals surface area contributed by atoms with Gasteiger partial charge in [0.05, 0.1) is 6.61 Å². The molecule has 13 heavy (non-hydrogen) atoms. The van der Waals surface area contributed by atoms with Crippen molar-refractivity contribution >= 4 is 5.97 Å². The van der Waals surface area contributed by atoms with Crippen LogP contribution in [0.4, 0.5) is 0 Å². The maximum absolute atomic E-state index is 10.5. The molecule has 0 spiro atoms.